The van der Waals surface area contributed by atoms with Crippen LogP contribution in [0.5, 0.6) is 5.75 Å². The van der Waals surface area contributed by atoms with Gasteiger partial charge in [-0.1, -0.05) is 12.1 Å². The summed E-state index contributed by atoms with van der Waals surface area (Å²) in [6, 6.07) is 8.29. The molecule has 4 heteroatoms. The summed E-state index contributed by atoms with van der Waals surface area (Å²) in [6.45, 7) is 1.87. The van der Waals surface area contributed by atoms with Gasteiger partial charge in [0.15, 0.2) is 0 Å². The van der Waals surface area contributed by atoms with Crippen LogP contribution in [0.4, 0.5) is 0 Å². The minimum Gasteiger partial charge on any atom is -0.497 e. The van der Waals surface area contributed by atoms with E-state index in [2.05, 4.69) is 17.0 Å². The number of amides is 1. The number of rotatable bonds is 6. The Morgan fingerprint density at radius 1 is 1.48 bits per heavy atom. The van der Waals surface area contributed by atoms with E-state index in [1.807, 2.05) is 18.4 Å². The fourth-order valence-corrected chi connectivity index (χ4v) is 3.37. The van der Waals surface area contributed by atoms with Crippen molar-refractivity contribution >= 4 is 17.7 Å². The topological polar surface area (TPSA) is 29.5 Å². The predicted molar refractivity (Wildman–Crippen MR) is 89.0 cm³/mol. The number of carbonyl (C=O) groups is 1. The van der Waals surface area contributed by atoms with Crippen LogP contribution in [-0.4, -0.2) is 43.0 Å². The molecule has 1 fully saturated rings. The lowest BCUT2D eigenvalue weighted by molar-refractivity contribution is -0.130. The first-order valence-corrected chi connectivity index (χ1v) is 9.02. The van der Waals surface area contributed by atoms with Crippen LogP contribution in [0.1, 0.15) is 24.8 Å². The number of methoxy groups -OCH3 is 1. The van der Waals surface area contributed by atoms with Crippen LogP contribution in [0.2, 0.25) is 0 Å². The monoisotopic (exact) mass is 307 g/mol. The highest BCUT2D eigenvalue weighted by Gasteiger charge is 2.22. The molecule has 0 radical (unpaired) electrons. The number of ether oxygens (including phenoxy) is 1. The zero-order valence-electron chi connectivity index (χ0n) is 13.0. The summed E-state index contributed by atoms with van der Waals surface area (Å²) in [5, 5.41) is 0. The number of hydrogen-bond acceptors (Lipinski definition) is 3. The third-order valence-electron chi connectivity index (χ3n) is 4.11. The first kappa shape index (κ1) is 16.2. The van der Waals surface area contributed by atoms with Gasteiger partial charge in [-0.25, -0.2) is 0 Å². The molecule has 0 aliphatic carbocycles. The second kappa shape index (κ2) is 8.32. The number of aryl methyl sites for hydroxylation is 1. The molecule has 1 aliphatic heterocycles. The van der Waals surface area contributed by atoms with Crippen LogP contribution in [0.25, 0.3) is 0 Å². The Morgan fingerprint density at radius 3 is 3.10 bits per heavy atom. The number of likely N-dealkylation sites (tertiary alicyclic amines) is 1. The lowest BCUT2D eigenvalue weighted by atomic mass is 9.91. The molecule has 1 saturated heterocycles. The minimum absolute atomic E-state index is 0.300. The van der Waals surface area contributed by atoms with E-state index in [1.165, 1.54) is 12.0 Å². The van der Waals surface area contributed by atoms with E-state index in [9.17, 15) is 4.79 Å². The lowest BCUT2D eigenvalue weighted by Gasteiger charge is -2.32. The van der Waals surface area contributed by atoms with E-state index >= 15 is 0 Å². The Labute approximate surface area is 132 Å². The van der Waals surface area contributed by atoms with E-state index in [-0.39, 0.29) is 0 Å². The summed E-state index contributed by atoms with van der Waals surface area (Å²) in [7, 11) is 1.70. The average molecular weight is 307 g/mol. The van der Waals surface area contributed by atoms with Crippen LogP contribution < -0.4 is 4.74 Å². The van der Waals surface area contributed by atoms with Crippen LogP contribution in [0, 0.1) is 5.92 Å². The second-order valence-electron chi connectivity index (χ2n) is 5.67. The average Bonchev–Trinajstić information content (AvgIpc) is 2.53. The highest BCUT2D eigenvalue weighted by molar-refractivity contribution is 7.99. The highest BCUT2D eigenvalue weighted by atomic mass is 32.2. The number of hydrogen-bond donors (Lipinski definition) is 0. The summed E-state index contributed by atoms with van der Waals surface area (Å²) in [5.74, 6) is 2.47. The van der Waals surface area contributed by atoms with Crippen LogP contribution in [0.15, 0.2) is 24.3 Å². The molecule has 1 atom stereocenters. The molecule has 1 heterocycles. The van der Waals surface area contributed by atoms with Crippen molar-refractivity contribution in [3.8, 4) is 5.75 Å². The number of benzene rings is 1. The Balaban J connectivity index is 1.83. The second-order valence-corrected chi connectivity index (χ2v) is 6.54. The van der Waals surface area contributed by atoms with Crippen LogP contribution in [0.3, 0.4) is 0 Å². The highest BCUT2D eigenvalue weighted by Crippen LogP contribution is 2.23. The van der Waals surface area contributed by atoms with Crippen molar-refractivity contribution in [3.63, 3.8) is 0 Å². The molecule has 1 aromatic carbocycles. The van der Waals surface area contributed by atoms with Crippen LogP contribution >= 0.6 is 11.8 Å². The van der Waals surface area contributed by atoms with Gasteiger partial charge in [-0.3, -0.25) is 4.79 Å². The van der Waals surface area contributed by atoms with Gasteiger partial charge in [0.2, 0.25) is 5.91 Å². The Hall–Kier alpha value is -1.16. The molecule has 0 saturated carbocycles. The maximum Gasteiger partial charge on any atom is 0.232 e. The molecular weight excluding hydrogens is 282 g/mol. The summed E-state index contributed by atoms with van der Waals surface area (Å²) in [5.41, 5.74) is 1.32. The molecule has 0 spiro atoms. The smallest absolute Gasteiger partial charge is 0.232 e. The Bertz CT molecular complexity index is 464. The van der Waals surface area contributed by atoms with Gasteiger partial charge in [0.05, 0.1) is 12.9 Å². The molecule has 1 aromatic rings. The van der Waals surface area contributed by atoms with Crippen molar-refractivity contribution in [1.82, 2.24) is 4.90 Å². The number of nitrogens with zero attached hydrogens (tertiary/aromatic N) is 1. The molecule has 116 valence electrons. The van der Waals surface area contributed by atoms with Crippen LogP contribution in [-0.2, 0) is 11.2 Å². The Kier molecular flexibility index (Phi) is 6.43. The standard InChI is InChI=1S/C17H25NO2S/c1-20-16-7-3-5-14(11-16)8-9-15-6-4-10-18(12-15)17(19)13-21-2/h3,5,7,11,15H,4,6,8-10,12-13H2,1-2H3/t15-/m1/s1. The van der Waals surface area contributed by atoms with E-state index in [1.54, 1.807) is 18.9 Å². The van der Waals surface area contributed by atoms with E-state index in [0.717, 1.165) is 38.1 Å². The lowest BCUT2D eigenvalue weighted by Crippen LogP contribution is -2.40. The van der Waals surface area contributed by atoms with Crippen molar-refractivity contribution in [2.45, 2.75) is 25.7 Å². The number of thioether (sulfide) groups is 1. The third-order valence-corrected chi connectivity index (χ3v) is 4.65. The number of carbonyl (C=O) groups excluding carboxylic acids is 1. The zero-order valence-corrected chi connectivity index (χ0v) is 13.8. The summed E-state index contributed by atoms with van der Waals surface area (Å²) < 4.78 is 5.27. The molecule has 1 amide bonds. The van der Waals surface area contributed by atoms with Crippen molar-refractivity contribution in [2.24, 2.45) is 5.92 Å². The zero-order chi connectivity index (χ0) is 15.1. The van der Waals surface area contributed by atoms with Gasteiger partial charge < -0.3 is 9.64 Å². The summed E-state index contributed by atoms with van der Waals surface area (Å²) in [6.07, 6.45) is 6.58. The normalized spacial score (nSPS) is 18.6. The molecule has 0 N–H and O–H groups in total. The van der Waals surface area contributed by atoms with Crippen molar-refractivity contribution < 1.29 is 9.53 Å². The fourth-order valence-electron chi connectivity index (χ4n) is 2.94. The molecule has 21 heavy (non-hydrogen) atoms. The number of piperidine rings is 1. The van der Waals surface area contributed by atoms with Crippen molar-refractivity contribution in [1.29, 1.82) is 0 Å². The molecule has 0 aromatic heterocycles. The molecular formula is C17H25NO2S. The van der Waals surface area contributed by atoms with Gasteiger partial charge in [-0.2, -0.15) is 11.8 Å². The van der Waals surface area contributed by atoms with Gasteiger partial charge >= 0.3 is 0 Å². The largest absolute Gasteiger partial charge is 0.497 e. The van der Waals surface area contributed by atoms with E-state index in [4.69, 9.17) is 4.74 Å². The maximum atomic E-state index is 12.0. The molecule has 0 unspecified atom stereocenters. The van der Waals surface area contributed by atoms with Crippen molar-refractivity contribution in [2.75, 3.05) is 32.2 Å². The first-order chi connectivity index (χ1) is 10.2. The molecule has 1 aliphatic rings. The van der Waals surface area contributed by atoms with Gasteiger partial charge in [-0.15, -0.1) is 0 Å². The van der Waals surface area contributed by atoms with Gasteiger partial charge in [-0.05, 0) is 55.6 Å². The maximum absolute atomic E-state index is 12.0. The SMILES string of the molecule is COc1cccc(CC[C@H]2CCCN(C(=O)CSC)C2)c1. The quantitative estimate of drug-likeness (QED) is 0.808. The van der Waals surface area contributed by atoms with Crippen molar-refractivity contribution in [3.05, 3.63) is 29.8 Å². The van der Waals surface area contributed by atoms with E-state index in [0.29, 0.717) is 17.6 Å². The van der Waals surface area contributed by atoms with Gasteiger partial charge in [0.25, 0.3) is 0 Å². The molecule has 2 rings (SSSR count). The van der Waals surface area contributed by atoms with E-state index < -0.39 is 0 Å². The summed E-state index contributed by atoms with van der Waals surface area (Å²) in [4.78, 5) is 14.0. The minimum atomic E-state index is 0.300. The summed E-state index contributed by atoms with van der Waals surface area (Å²) >= 11 is 1.61. The predicted octanol–water partition coefficient (Wildman–Crippen LogP) is 3.23. The molecule has 3 nitrogen and oxygen atoms in total. The fraction of sp³-hybridized carbons (Fsp3) is 0.588. The molecule has 0 bridgehead atoms. The third kappa shape index (κ3) is 4.95. The first-order valence-electron chi connectivity index (χ1n) is 7.62. The van der Waals surface area contributed by atoms with Gasteiger partial charge in [0.1, 0.15) is 5.75 Å². The van der Waals surface area contributed by atoms with Gasteiger partial charge in [0, 0.05) is 13.1 Å². The Morgan fingerprint density at radius 2 is 2.33 bits per heavy atom.